The lowest BCUT2D eigenvalue weighted by Crippen LogP contribution is -2.27. The standard InChI is InChI=1S/C13H16N4OS/c1-9-5-3-4-6-10(9)12(18)14-8-7-11-15-16-13(19)17(11)2/h3-6H,7-8H2,1-2H3,(H,14,18)(H,16,19). The minimum absolute atomic E-state index is 0.0603. The molecule has 0 aliphatic rings. The van der Waals surface area contributed by atoms with Crippen molar-refractivity contribution < 1.29 is 4.79 Å². The number of nitrogens with one attached hydrogen (secondary N) is 2. The van der Waals surface area contributed by atoms with Crippen molar-refractivity contribution >= 4 is 18.1 Å². The minimum atomic E-state index is -0.0603. The first-order chi connectivity index (χ1) is 9.09. The molecular weight excluding hydrogens is 260 g/mol. The second-order valence-electron chi connectivity index (χ2n) is 4.32. The maximum absolute atomic E-state index is 12.0. The smallest absolute Gasteiger partial charge is 0.251 e. The second kappa shape index (κ2) is 5.79. The van der Waals surface area contributed by atoms with Gasteiger partial charge in [0.15, 0.2) is 4.77 Å². The summed E-state index contributed by atoms with van der Waals surface area (Å²) in [5.41, 5.74) is 1.68. The van der Waals surface area contributed by atoms with E-state index in [1.54, 1.807) is 4.57 Å². The van der Waals surface area contributed by atoms with Crippen LogP contribution in [0.4, 0.5) is 0 Å². The summed E-state index contributed by atoms with van der Waals surface area (Å²) < 4.78 is 2.38. The van der Waals surface area contributed by atoms with Gasteiger partial charge < -0.3 is 9.88 Å². The van der Waals surface area contributed by atoms with Crippen molar-refractivity contribution in [1.82, 2.24) is 20.1 Å². The quantitative estimate of drug-likeness (QED) is 0.836. The van der Waals surface area contributed by atoms with Gasteiger partial charge in [-0.15, -0.1) is 0 Å². The number of aryl methyl sites for hydroxylation is 1. The molecule has 2 rings (SSSR count). The molecule has 1 heterocycles. The molecular formula is C13H16N4OS. The first-order valence-electron chi connectivity index (χ1n) is 6.03. The lowest BCUT2D eigenvalue weighted by molar-refractivity contribution is 0.0953. The predicted molar refractivity (Wildman–Crippen MR) is 75.6 cm³/mol. The van der Waals surface area contributed by atoms with Crippen LogP contribution in [0.3, 0.4) is 0 Å². The third-order valence-corrected chi connectivity index (χ3v) is 3.36. The lowest BCUT2D eigenvalue weighted by atomic mass is 10.1. The highest BCUT2D eigenvalue weighted by molar-refractivity contribution is 7.71. The predicted octanol–water partition coefficient (Wildman–Crippen LogP) is 1.76. The fraction of sp³-hybridized carbons (Fsp3) is 0.308. The molecule has 0 spiro atoms. The van der Waals surface area contributed by atoms with Gasteiger partial charge in [-0.25, -0.2) is 0 Å². The van der Waals surface area contributed by atoms with Gasteiger partial charge in [0, 0.05) is 25.6 Å². The molecule has 1 amide bonds. The Morgan fingerprint density at radius 2 is 2.21 bits per heavy atom. The number of H-pyrrole nitrogens is 1. The molecule has 0 radical (unpaired) electrons. The van der Waals surface area contributed by atoms with Gasteiger partial charge in [-0.05, 0) is 30.8 Å². The van der Waals surface area contributed by atoms with Crippen molar-refractivity contribution in [1.29, 1.82) is 0 Å². The van der Waals surface area contributed by atoms with Crippen LogP contribution in [0.1, 0.15) is 21.7 Å². The van der Waals surface area contributed by atoms with Gasteiger partial charge in [0.1, 0.15) is 5.82 Å². The topological polar surface area (TPSA) is 62.7 Å². The molecule has 1 aromatic carbocycles. The van der Waals surface area contributed by atoms with E-state index < -0.39 is 0 Å². The van der Waals surface area contributed by atoms with E-state index >= 15 is 0 Å². The average molecular weight is 276 g/mol. The van der Waals surface area contributed by atoms with Gasteiger partial charge in [-0.2, -0.15) is 5.10 Å². The van der Waals surface area contributed by atoms with Crippen LogP contribution >= 0.6 is 12.2 Å². The monoisotopic (exact) mass is 276 g/mol. The van der Waals surface area contributed by atoms with Crippen LogP contribution in [-0.4, -0.2) is 27.2 Å². The highest BCUT2D eigenvalue weighted by atomic mass is 32.1. The van der Waals surface area contributed by atoms with E-state index in [0.29, 0.717) is 23.3 Å². The Bertz CT molecular complexity index is 644. The Morgan fingerprint density at radius 3 is 2.84 bits per heavy atom. The zero-order chi connectivity index (χ0) is 13.8. The fourth-order valence-corrected chi connectivity index (χ4v) is 1.96. The molecule has 0 aliphatic carbocycles. The van der Waals surface area contributed by atoms with Crippen LogP contribution in [0.15, 0.2) is 24.3 Å². The van der Waals surface area contributed by atoms with Gasteiger partial charge in [-0.1, -0.05) is 18.2 Å². The first-order valence-corrected chi connectivity index (χ1v) is 6.44. The number of rotatable bonds is 4. The van der Waals surface area contributed by atoms with Crippen molar-refractivity contribution in [2.45, 2.75) is 13.3 Å². The number of nitrogens with zero attached hydrogens (tertiary/aromatic N) is 2. The van der Waals surface area contributed by atoms with Crippen molar-refractivity contribution in [2.75, 3.05) is 6.54 Å². The van der Waals surface area contributed by atoms with E-state index in [-0.39, 0.29) is 5.91 Å². The molecule has 19 heavy (non-hydrogen) atoms. The average Bonchev–Trinajstić information content (AvgIpc) is 2.71. The van der Waals surface area contributed by atoms with Gasteiger partial charge in [0.05, 0.1) is 0 Å². The molecule has 5 nitrogen and oxygen atoms in total. The molecule has 0 saturated heterocycles. The van der Waals surface area contributed by atoms with Crippen LogP contribution in [0.5, 0.6) is 0 Å². The third-order valence-electron chi connectivity index (χ3n) is 3.00. The van der Waals surface area contributed by atoms with E-state index in [4.69, 9.17) is 12.2 Å². The van der Waals surface area contributed by atoms with Gasteiger partial charge in [-0.3, -0.25) is 9.89 Å². The maximum atomic E-state index is 12.0. The second-order valence-corrected chi connectivity index (χ2v) is 4.71. The fourth-order valence-electron chi connectivity index (χ4n) is 1.81. The van der Waals surface area contributed by atoms with Crippen LogP contribution in [0.25, 0.3) is 0 Å². The van der Waals surface area contributed by atoms with Crippen LogP contribution < -0.4 is 5.32 Å². The molecule has 2 N–H and O–H groups in total. The van der Waals surface area contributed by atoms with Crippen LogP contribution in [0.2, 0.25) is 0 Å². The molecule has 1 aromatic heterocycles. The summed E-state index contributed by atoms with van der Waals surface area (Å²) in [6, 6.07) is 7.52. The van der Waals surface area contributed by atoms with Crippen molar-refractivity contribution in [2.24, 2.45) is 7.05 Å². The van der Waals surface area contributed by atoms with E-state index in [9.17, 15) is 4.79 Å². The maximum Gasteiger partial charge on any atom is 0.251 e. The Hall–Kier alpha value is -1.95. The van der Waals surface area contributed by atoms with Crippen molar-refractivity contribution in [3.05, 3.63) is 46.0 Å². The summed E-state index contributed by atoms with van der Waals surface area (Å²) in [7, 11) is 1.85. The molecule has 0 unspecified atom stereocenters. The molecule has 2 aromatic rings. The van der Waals surface area contributed by atoms with E-state index in [2.05, 4.69) is 15.5 Å². The summed E-state index contributed by atoms with van der Waals surface area (Å²) in [6.07, 6.45) is 0.640. The van der Waals surface area contributed by atoms with Crippen LogP contribution in [0, 0.1) is 11.7 Å². The zero-order valence-corrected chi connectivity index (χ0v) is 11.8. The number of carbonyl (C=O) groups is 1. The molecule has 0 fully saturated rings. The van der Waals surface area contributed by atoms with E-state index in [0.717, 1.165) is 11.4 Å². The molecule has 0 saturated carbocycles. The largest absolute Gasteiger partial charge is 0.352 e. The number of benzene rings is 1. The Labute approximate surface area is 116 Å². The molecule has 0 aliphatic heterocycles. The van der Waals surface area contributed by atoms with Crippen molar-refractivity contribution in [3.8, 4) is 0 Å². The molecule has 0 bridgehead atoms. The molecule has 6 heteroatoms. The summed E-state index contributed by atoms with van der Waals surface area (Å²) in [5, 5.41) is 9.70. The summed E-state index contributed by atoms with van der Waals surface area (Å²) in [6.45, 7) is 2.45. The molecule has 100 valence electrons. The molecule has 0 atom stereocenters. The number of carbonyl (C=O) groups excluding carboxylic acids is 1. The zero-order valence-electron chi connectivity index (χ0n) is 10.9. The van der Waals surface area contributed by atoms with E-state index in [1.165, 1.54) is 0 Å². The number of aromatic amines is 1. The number of aromatic nitrogens is 3. The summed E-state index contributed by atoms with van der Waals surface area (Å²) in [5.74, 6) is 0.768. The van der Waals surface area contributed by atoms with E-state index in [1.807, 2.05) is 38.2 Å². The first kappa shape index (κ1) is 13.5. The SMILES string of the molecule is Cc1ccccc1C(=O)NCCc1n[nH]c(=S)n1C. The Balaban J connectivity index is 1.93. The van der Waals surface area contributed by atoms with Gasteiger partial charge in [0.2, 0.25) is 0 Å². The van der Waals surface area contributed by atoms with Gasteiger partial charge >= 0.3 is 0 Å². The number of hydrogen-bond acceptors (Lipinski definition) is 3. The third kappa shape index (κ3) is 3.08. The highest BCUT2D eigenvalue weighted by Gasteiger charge is 2.08. The van der Waals surface area contributed by atoms with Crippen molar-refractivity contribution in [3.63, 3.8) is 0 Å². The van der Waals surface area contributed by atoms with Gasteiger partial charge in [0.25, 0.3) is 5.91 Å². The summed E-state index contributed by atoms with van der Waals surface area (Å²) in [4.78, 5) is 12.0. The summed E-state index contributed by atoms with van der Waals surface area (Å²) >= 11 is 5.03. The Kier molecular flexibility index (Phi) is 4.11. The minimum Gasteiger partial charge on any atom is -0.352 e. The normalized spacial score (nSPS) is 10.4. The number of hydrogen-bond donors (Lipinski definition) is 2. The Morgan fingerprint density at radius 1 is 1.47 bits per heavy atom. The lowest BCUT2D eigenvalue weighted by Gasteiger charge is -2.07. The van der Waals surface area contributed by atoms with Crippen LogP contribution in [-0.2, 0) is 13.5 Å². The highest BCUT2D eigenvalue weighted by Crippen LogP contribution is 2.06. The number of amides is 1.